The van der Waals surface area contributed by atoms with Crippen LogP contribution in [0.2, 0.25) is 0 Å². The molecule has 3 unspecified atom stereocenters. The van der Waals surface area contributed by atoms with E-state index >= 15 is 0 Å². The first-order valence-electron chi connectivity index (χ1n) is 4.84. The van der Waals surface area contributed by atoms with Gasteiger partial charge in [-0.15, -0.1) is 0 Å². The van der Waals surface area contributed by atoms with E-state index in [2.05, 4.69) is 24.0 Å². The third-order valence-electron chi connectivity index (χ3n) is 2.78. The standard InChI is InChI=1S/C12H12O2/c13-12(14)7-2-1-4-9-5-3-6-10-8-11(9)10/h2-3,5,7,9-11H,6,8H2,(H,13,14). The zero-order valence-corrected chi connectivity index (χ0v) is 7.81. The summed E-state index contributed by atoms with van der Waals surface area (Å²) in [5.41, 5.74) is 0. The summed E-state index contributed by atoms with van der Waals surface area (Å²) >= 11 is 0. The molecule has 0 bridgehead atoms. The molecule has 1 fully saturated rings. The molecule has 0 radical (unpaired) electrons. The molecule has 1 N–H and O–H groups in total. The Bertz CT molecular complexity index is 354. The van der Waals surface area contributed by atoms with Crippen LogP contribution in [0.4, 0.5) is 0 Å². The van der Waals surface area contributed by atoms with Gasteiger partial charge in [0, 0.05) is 12.0 Å². The highest BCUT2D eigenvalue weighted by molar-refractivity contribution is 5.80. The normalized spacial score (nSPS) is 33.3. The molecule has 2 aliphatic rings. The van der Waals surface area contributed by atoms with E-state index in [1.54, 1.807) is 0 Å². The highest BCUT2D eigenvalue weighted by Crippen LogP contribution is 2.49. The summed E-state index contributed by atoms with van der Waals surface area (Å²) in [7, 11) is 0. The van der Waals surface area contributed by atoms with Gasteiger partial charge in [-0.05, 0) is 30.8 Å². The lowest BCUT2D eigenvalue weighted by molar-refractivity contribution is -0.131. The molecule has 0 spiro atoms. The smallest absolute Gasteiger partial charge is 0.328 e. The molecule has 0 amide bonds. The minimum atomic E-state index is -0.942. The fraction of sp³-hybridized carbons (Fsp3) is 0.417. The molecule has 14 heavy (non-hydrogen) atoms. The second-order valence-corrected chi connectivity index (χ2v) is 3.81. The minimum Gasteiger partial charge on any atom is -0.478 e. The molecule has 0 aromatic rings. The van der Waals surface area contributed by atoms with Gasteiger partial charge in [0.05, 0.1) is 0 Å². The molecule has 0 aliphatic heterocycles. The van der Waals surface area contributed by atoms with Crippen molar-refractivity contribution in [3.05, 3.63) is 24.3 Å². The quantitative estimate of drug-likeness (QED) is 0.387. The SMILES string of the molecule is O=C(O)C=CC#CC1C=CCC2CC12. The van der Waals surface area contributed by atoms with Crippen LogP contribution < -0.4 is 0 Å². The molecule has 3 atom stereocenters. The molecule has 2 nitrogen and oxygen atoms in total. The van der Waals surface area contributed by atoms with Crippen LogP contribution in [0.15, 0.2) is 24.3 Å². The molecule has 0 aromatic carbocycles. The summed E-state index contributed by atoms with van der Waals surface area (Å²) in [6.07, 6.45) is 9.30. The monoisotopic (exact) mass is 188 g/mol. The van der Waals surface area contributed by atoms with E-state index in [1.165, 1.54) is 18.9 Å². The van der Waals surface area contributed by atoms with Gasteiger partial charge < -0.3 is 5.11 Å². The van der Waals surface area contributed by atoms with E-state index in [0.717, 1.165) is 17.9 Å². The molecular formula is C12H12O2. The summed E-state index contributed by atoms with van der Waals surface area (Å²) in [6, 6.07) is 0. The molecule has 0 aromatic heterocycles. The Morgan fingerprint density at radius 2 is 2.43 bits per heavy atom. The van der Waals surface area contributed by atoms with Crippen molar-refractivity contribution in [2.75, 3.05) is 0 Å². The van der Waals surface area contributed by atoms with Crippen LogP contribution in [-0.4, -0.2) is 11.1 Å². The van der Waals surface area contributed by atoms with Crippen molar-refractivity contribution in [2.45, 2.75) is 12.8 Å². The summed E-state index contributed by atoms with van der Waals surface area (Å²) in [5, 5.41) is 8.34. The Hall–Kier alpha value is -1.49. The number of hydrogen-bond donors (Lipinski definition) is 1. The van der Waals surface area contributed by atoms with Crippen molar-refractivity contribution < 1.29 is 9.90 Å². The second-order valence-electron chi connectivity index (χ2n) is 3.81. The molecule has 2 rings (SSSR count). The molecule has 0 saturated heterocycles. The average Bonchev–Trinajstić information content (AvgIpc) is 2.91. The maximum absolute atomic E-state index is 10.2. The summed E-state index contributed by atoms with van der Waals surface area (Å²) in [6.45, 7) is 0. The fourth-order valence-electron chi connectivity index (χ4n) is 1.94. The lowest BCUT2D eigenvalue weighted by Crippen LogP contribution is -2.01. The maximum atomic E-state index is 10.2. The lowest BCUT2D eigenvalue weighted by atomic mass is 9.96. The number of aliphatic carboxylic acids is 1. The van der Waals surface area contributed by atoms with Gasteiger partial charge in [-0.2, -0.15) is 0 Å². The van der Waals surface area contributed by atoms with Crippen LogP contribution in [0.3, 0.4) is 0 Å². The number of carboxylic acid groups (broad SMARTS) is 1. The maximum Gasteiger partial charge on any atom is 0.328 e. The highest BCUT2D eigenvalue weighted by Gasteiger charge is 2.42. The van der Waals surface area contributed by atoms with Gasteiger partial charge in [0.2, 0.25) is 0 Å². The first kappa shape index (κ1) is 9.08. The minimum absolute atomic E-state index is 0.354. The van der Waals surface area contributed by atoms with Crippen LogP contribution in [0.25, 0.3) is 0 Å². The Kier molecular flexibility index (Phi) is 2.41. The van der Waals surface area contributed by atoms with Crippen molar-refractivity contribution in [2.24, 2.45) is 17.8 Å². The predicted octanol–water partition coefficient (Wildman–Crippen LogP) is 1.84. The van der Waals surface area contributed by atoms with Gasteiger partial charge >= 0.3 is 5.97 Å². The van der Waals surface area contributed by atoms with Gasteiger partial charge in [-0.1, -0.05) is 24.0 Å². The van der Waals surface area contributed by atoms with E-state index in [1.807, 2.05) is 0 Å². The number of carboxylic acids is 1. The highest BCUT2D eigenvalue weighted by atomic mass is 16.4. The van der Waals surface area contributed by atoms with Crippen molar-refractivity contribution in [1.82, 2.24) is 0 Å². The number of fused-ring (bicyclic) bond motifs is 1. The van der Waals surface area contributed by atoms with Gasteiger partial charge in [0.25, 0.3) is 0 Å². The lowest BCUT2D eigenvalue weighted by Gasteiger charge is -2.07. The molecule has 0 heterocycles. The van der Waals surface area contributed by atoms with Crippen LogP contribution in [0.5, 0.6) is 0 Å². The van der Waals surface area contributed by atoms with Gasteiger partial charge in [-0.3, -0.25) is 0 Å². The van der Waals surface area contributed by atoms with Gasteiger partial charge in [-0.25, -0.2) is 4.79 Å². The number of allylic oxidation sites excluding steroid dienone is 3. The average molecular weight is 188 g/mol. The summed E-state index contributed by atoms with van der Waals surface area (Å²) < 4.78 is 0. The van der Waals surface area contributed by atoms with Crippen molar-refractivity contribution in [3.8, 4) is 11.8 Å². The van der Waals surface area contributed by atoms with Crippen LogP contribution >= 0.6 is 0 Å². The van der Waals surface area contributed by atoms with E-state index in [0.29, 0.717) is 5.92 Å². The van der Waals surface area contributed by atoms with Crippen molar-refractivity contribution in [1.29, 1.82) is 0 Å². The Labute approximate surface area is 83.3 Å². The van der Waals surface area contributed by atoms with E-state index in [-0.39, 0.29) is 0 Å². The third-order valence-corrected chi connectivity index (χ3v) is 2.78. The van der Waals surface area contributed by atoms with E-state index < -0.39 is 5.97 Å². The fourth-order valence-corrected chi connectivity index (χ4v) is 1.94. The summed E-state index contributed by atoms with van der Waals surface area (Å²) in [5.74, 6) is 6.87. The van der Waals surface area contributed by atoms with Crippen LogP contribution in [0.1, 0.15) is 12.8 Å². The second kappa shape index (κ2) is 3.71. The number of hydrogen-bond acceptors (Lipinski definition) is 1. The zero-order chi connectivity index (χ0) is 9.97. The first-order valence-corrected chi connectivity index (χ1v) is 4.84. The molecule has 2 heteroatoms. The Morgan fingerprint density at radius 1 is 1.57 bits per heavy atom. The summed E-state index contributed by atoms with van der Waals surface area (Å²) in [4.78, 5) is 10.2. The zero-order valence-electron chi connectivity index (χ0n) is 7.81. The van der Waals surface area contributed by atoms with Crippen LogP contribution in [-0.2, 0) is 4.79 Å². The Morgan fingerprint density at radius 3 is 3.21 bits per heavy atom. The topological polar surface area (TPSA) is 37.3 Å². The predicted molar refractivity (Wildman–Crippen MR) is 53.4 cm³/mol. The number of rotatable bonds is 1. The van der Waals surface area contributed by atoms with E-state index in [9.17, 15) is 4.79 Å². The molecule has 72 valence electrons. The third kappa shape index (κ3) is 2.05. The van der Waals surface area contributed by atoms with E-state index in [4.69, 9.17) is 5.11 Å². The van der Waals surface area contributed by atoms with Crippen LogP contribution in [0, 0.1) is 29.6 Å². The molecular weight excluding hydrogens is 176 g/mol. The molecule has 1 saturated carbocycles. The number of carbonyl (C=O) groups is 1. The molecule has 2 aliphatic carbocycles. The van der Waals surface area contributed by atoms with Gasteiger partial charge in [0.1, 0.15) is 0 Å². The van der Waals surface area contributed by atoms with Crippen molar-refractivity contribution in [3.63, 3.8) is 0 Å². The Balaban J connectivity index is 1.93. The first-order chi connectivity index (χ1) is 6.77. The largest absolute Gasteiger partial charge is 0.478 e. The van der Waals surface area contributed by atoms with Crippen molar-refractivity contribution >= 4 is 5.97 Å². The van der Waals surface area contributed by atoms with Gasteiger partial charge in [0.15, 0.2) is 0 Å².